The Hall–Kier alpha value is -1.35. The third-order valence-electron chi connectivity index (χ3n) is 2.97. The molecule has 0 atom stereocenters. The Balaban J connectivity index is 1.98. The van der Waals surface area contributed by atoms with Crippen LogP contribution in [-0.4, -0.2) is 26.1 Å². The number of fused-ring (bicyclic) bond motifs is 1. The number of nitrogens with zero attached hydrogens (tertiary/aromatic N) is 1. The van der Waals surface area contributed by atoms with Crippen molar-refractivity contribution in [3.8, 4) is 0 Å². The zero-order valence-electron chi connectivity index (χ0n) is 10.4. The molecule has 0 unspecified atom stereocenters. The molecule has 1 aromatic carbocycles. The van der Waals surface area contributed by atoms with Crippen molar-refractivity contribution < 1.29 is 4.74 Å². The molecular formula is C14H20N2O. The van der Waals surface area contributed by atoms with E-state index in [2.05, 4.69) is 34.6 Å². The van der Waals surface area contributed by atoms with Gasteiger partial charge in [0.25, 0.3) is 0 Å². The first kappa shape index (κ1) is 12.1. The van der Waals surface area contributed by atoms with Crippen molar-refractivity contribution >= 4 is 11.5 Å². The fraction of sp³-hybridized carbons (Fsp3) is 0.500. The van der Waals surface area contributed by atoms with Crippen molar-refractivity contribution in [1.29, 1.82) is 0 Å². The van der Waals surface area contributed by atoms with Crippen LogP contribution in [-0.2, 0) is 11.2 Å². The summed E-state index contributed by atoms with van der Waals surface area (Å²) in [5.74, 6) is 1.12. The molecule has 1 aliphatic rings. The number of benzene rings is 1. The first-order valence-electron chi connectivity index (χ1n) is 6.27. The Morgan fingerprint density at radius 2 is 2.18 bits per heavy atom. The smallest absolute Gasteiger partial charge is 0.101 e. The number of amidine groups is 1. The van der Waals surface area contributed by atoms with Crippen LogP contribution in [0.3, 0.4) is 0 Å². The van der Waals surface area contributed by atoms with Gasteiger partial charge in [-0.25, -0.2) is 0 Å². The standard InChI is InChI=1S/C14H20N2O/c1-17-11-5-10-15-14-9-4-7-12-6-2-3-8-13(12)16-14/h2-3,6,8H,4-5,7,9-11H2,1H3,(H,15,16). The summed E-state index contributed by atoms with van der Waals surface area (Å²) >= 11 is 0. The van der Waals surface area contributed by atoms with Crippen molar-refractivity contribution in [2.75, 3.05) is 25.6 Å². The molecule has 92 valence electrons. The van der Waals surface area contributed by atoms with E-state index in [1.54, 1.807) is 7.11 Å². The zero-order chi connectivity index (χ0) is 11.9. The third-order valence-corrected chi connectivity index (χ3v) is 2.97. The van der Waals surface area contributed by atoms with Crippen LogP contribution in [0.2, 0.25) is 0 Å². The maximum Gasteiger partial charge on any atom is 0.101 e. The Labute approximate surface area is 103 Å². The summed E-state index contributed by atoms with van der Waals surface area (Å²) in [7, 11) is 1.73. The van der Waals surface area contributed by atoms with E-state index < -0.39 is 0 Å². The molecule has 17 heavy (non-hydrogen) atoms. The molecule has 0 saturated carbocycles. The number of aryl methyl sites for hydroxylation is 1. The molecule has 3 heteroatoms. The van der Waals surface area contributed by atoms with Gasteiger partial charge in [0, 0.05) is 32.4 Å². The fourth-order valence-electron chi connectivity index (χ4n) is 2.07. The van der Waals surface area contributed by atoms with E-state index in [0.717, 1.165) is 38.2 Å². The van der Waals surface area contributed by atoms with E-state index in [1.807, 2.05) is 0 Å². The van der Waals surface area contributed by atoms with Crippen LogP contribution in [0.1, 0.15) is 24.8 Å². The average molecular weight is 232 g/mol. The zero-order valence-corrected chi connectivity index (χ0v) is 10.4. The molecule has 0 spiro atoms. The molecule has 1 N–H and O–H groups in total. The highest BCUT2D eigenvalue weighted by Crippen LogP contribution is 2.21. The topological polar surface area (TPSA) is 33.6 Å². The molecule has 1 aromatic rings. The molecule has 0 bridgehead atoms. The van der Waals surface area contributed by atoms with Gasteiger partial charge in [-0.1, -0.05) is 18.2 Å². The minimum Gasteiger partial charge on any atom is -0.385 e. The van der Waals surface area contributed by atoms with Gasteiger partial charge in [0.15, 0.2) is 0 Å². The van der Waals surface area contributed by atoms with Crippen LogP contribution in [0, 0.1) is 0 Å². The minimum atomic E-state index is 0.785. The molecule has 0 amide bonds. The maximum absolute atomic E-state index is 5.02. The molecular weight excluding hydrogens is 212 g/mol. The van der Waals surface area contributed by atoms with Gasteiger partial charge in [-0.05, 0) is 30.9 Å². The second-order valence-corrected chi connectivity index (χ2v) is 4.31. The lowest BCUT2D eigenvalue weighted by molar-refractivity contribution is 0.197. The summed E-state index contributed by atoms with van der Waals surface area (Å²) in [4.78, 5) is 4.61. The van der Waals surface area contributed by atoms with E-state index in [-0.39, 0.29) is 0 Å². The second kappa shape index (κ2) is 6.40. The van der Waals surface area contributed by atoms with E-state index in [0.29, 0.717) is 0 Å². The van der Waals surface area contributed by atoms with Gasteiger partial charge >= 0.3 is 0 Å². The number of hydrogen-bond acceptors (Lipinski definition) is 2. The lowest BCUT2D eigenvalue weighted by Crippen LogP contribution is -2.11. The number of para-hydroxylation sites is 1. The van der Waals surface area contributed by atoms with Gasteiger partial charge in [0.1, 0.15) is 5.84 Å². The van der Waals surface area contributed by atoms with Crippen molar-refractivity contribution in [1.82, 2.24) is 0 Å². The SMILES string of the molecule is COCCCN=C1CCCc2ccccc2N1. The molecule has 0 radical (unpaired) electrons. The summed E-state index contributed by atoms with van der Waals surface area (Å²) in [6.07, 6.45) is 4.35. The Bertz CT molecular complexity index is 388. The highest BCUT2D eigenvalue weighted by molar-refractivity contribution is 5.96. The highest BCUT2D eigenvalue weighted by atomic mass is 16.5. The first-order valence-corrected chi connectivity index (χ1v) is 6.27. The molecule has 0 saturated heterocycles. The molecule has 0 aliphatic carbocycles. The van der Waals surface area contributed by atoms with Gasteiger partial charge < -0.3 is 10.1 Å². The van der Waals surface area contributed by atoms with Crippen molar-refractivity contribution in [2.24, 2.45) is 4.99 Å². The number of rotatable bonds is 4. The largest absolute Gasteiger partial charge is 0.385 e. The van der Waals surface area contributed by atoms with Crippen molar-refractivity contribution in [3.63, 3.8) is 0 Å². The lowest BCUT2D eigenvalue weighted by Gasteiger charge is -2.08. The predicted molar refractivity (Wildman–Crippen MR) is 71.8 cm³/mol. The molecule has 2 rings (SSSR count). The van der Waals surface area contributed by atoms with Crippen LogP contribution in [0.15, 0.2) is 29.3 Å². The van der Waals surface area contributed by atoms with Gasteiger partial charge in [-0.3, -0.25) is 4.99 Å². The first-order chi connectivity index (χ1) is 8.40. The number of anilines is 1. The average Bonchev–Trinajstić information content (AvgIpc) is 2.56. The number of methoxy groups -OCH3 is 1. The maximum atomic E-state index is 5.02. The normalized spacial score (nSPS) is 17.4. The van der Waals surface area contributed by atoms with E-state index >= 15 is 0 Å². The Morgan fingerprint density at radius 1 is 1.29 bits per heavy atom. The summed E-state index contributed by atoms with van der Waals surface area (Å²) < 4.78 is 5.02. The quantitative estimate of drug-likeness (QED) is 0.810. The van der Waals surface area contributed by atoms with Gasteiger partial charge in [-0.2, -0.15) is 0 Å². The van der Waals surface area contributed by atoms with Crippen LogP contribution in [0.4, 0.5) is 5.69 Å². The number of nitrogens with one attached hydrogen (secondary N) is 1. The molecule has 0 fully saturated rings. The molecule has 1 heterocycles. The van der Waals surface area contributed by atoms with Gasteiger partial charge in [-0.15, -0.1) is 0 Å². The third kappa shape index (κ3) is 3.56. The van der Waals surface area contributed by atoms with Crippen molar-refractivity contribution in [2.45, 2.75) is 25.7 Å². The summed E-state index contributed by atoms with van der Waals surface area (Å²) in [5.41, 5.74) is 2.62. The van der Waals surface area contributed by atoms with Gasteiger partial charge in [0.05, 0.1) is 0 Å². The number of hydrogen-bond donors (Lipinski definition) is 1. The van der Waals surface area contributed by atoms with Crippen LogP contribution < -0.4 is 5.32 Å². The summed E-state index contributed by atoms with van der Waals surface area (Å²) in [5, 5.41) is 3.45. The Kier molecular flexibility index (Phi) is 4.56. The highest BCUT2D eigenvalue weighted by Gasteiger charge is 2.09. The summed E-state index contributed by atoms with van der Waals surface area (Å²) in [6.45, 7) is 1.63. The van der Waals surface area contributed by atoms with Gasteiger partial charge in [0.2, 0.25) is 0 Å². The second-order valence-electron chi connectivity index (χ2n) is 4.31. The number of ether oxygens (including phenoxy) is 1. The lowest BCUT2D eigenvalue weighted by atomic mass is 10.1. The fourth-order valence-corrected chi connectivity index (χ4v) is 2.07. The molecule has 0 aromatic heterocycles. The summed E-state index contributed by atoms with van der Waals surface area (Å²) in [6, 6.07) is 8.49. The van der Waals surface area contributed by atoms with E-state index in [9.17, 15) is 0 Å². The van der Waals surface area contributed by atoms with Crippen molar-refractivity contribution in [3.05, 3.63) is 29.8 Å². The van der Waals surface area contributed by atoms with Crippen LogP contribution >= 0.6 is 0 Å². The van der Waals surface area contributed by atoms with E-state index in [1.165, 1.54) is 17.7 Å². The van der Waals surface area contributed by atoms with Crippen LogP contribution in [0.25, 0.3) is 0 Å². The van der Waals surface area contributed by atoms with E-state index in [4.69, 9.17) is 4.74 Å². The van der Waals surface area contributed by atoms with Crippen LogP contribution in [0.5, 0.6) is 0 Å². The monoisotopic (exact) mass is 232 g/mol. The Morgan fingerprint density at radius 3 is 3.06 bits per heavy atom. The molecule has 1 aliphatic heterocycles. The number of aliphatic imine (C=N–C) groups is 1. The minimum absolute atomic E-state index is 0.785. The molecule has 3 nitrogen and oxygen atoms in total. The predicted octanol–water partition coefficient (Wildman–Crippen LogP) is 2.87.